The maximum Gasteiger partial charge on any atom is 0.218 e. The van der Waals surface area contributed by atoms with Gasteiger partial charge in [0.1, 0.15) is 0 Å². The molecule has 1 heterocycles. The van der Waals surface area contributed by atoms with Gasteiger partial charge in [-0.3, -0.25) is 0 Å². The van der Waals surface area contributed by atoms with Gasteiger partial charge in [0.2, 0.25) is 5.16 Å². The quantitative estimate of drug-likeness (QED) is 0.801. The summed E-state index contributed by atoms with van der Waals surface area (Å²) in [4.78, 5) is 0.890. The Morgan fingerprint density at radius 1 is 1.14 bits per heavy atom. The summed E-state index contributed by atoms with van der Waals surface area (Å²) >= 11 is 7.68. The minimum atomic E-state index is 0.465. The minimum Gasteiger partial charge on any atom is -0.326 e. The standard InChI is InChI=1S/C14H12ClN5S/c15-12-8-10(9-16)6-7-13(12)21-14-17-18-19-20(14)11-4-2-1-3-5-11/h1-8H,9,16H2. The van der Waals surface area contributed by atoms with Crippen LogP contribution in [0.2, 0.25) is 5.02 Å². The van der Waals surface area contributed by atoms with Gasteiger partial charge < -0.3 is 5.73 Å². The molecule has 0 radical (unpaired) electrons. The van der Waals surface area contributed by atoms with Crippen molar-refractivity contribution < 1.29 is 0 Å². The zero-order chi connectivity index (χ0) is 14.7. The van der Waals surface area contributed by atoms with Crippen LogP contribution in [0.25, 0.3) is 5.69 Å². The Morgan fingerprint density at radius 2 is 1.95 bits per heavy atom. The van der Waals surface area contributed by atoms with E-state index in [1.54, 1.807) is 4.68 Å². The summed E-state index contributed by atoms with van der Waals surface area (Å²) in [5.41, 5.74) is 7.50. The smallest absolute Gasteiger partial charge is 0.218 e. The normalized spacial score (nSPS) is 10.8. The molecule has 0 aliphatic carbocycles. The Labute approximate surface area is 131 Å². The number of hydrogen-bond acceptors (Lipinski definition) is 5. The topological polar surface area (TPSA) is 69.6 Å². The number of halogens is 1. The van der Waals surface area contributed by atoms with E-state index in [9.17, 15) is 0 Å². The van der Waals surface area contributed by atoms with Crippen molar-refractivity contribution in [2.75, 3.05) is 0 Å². The van der Waals surface area contributed by atoms with Crippen molar-refractivity contribution in [1.29, 1.82) is 0 Å². The molecule has 3 aromatic rings. The molecule has 0 atom stereocenters. The van der Waals surface area contributed by atoms with Crippen molar-refractivity contribution in [3.8, 4) is 5.69 Å². The zero-order valence-corrected chi connectivity index (χ0v) is 12.6. The third kappa shape index (κ3) is 3.07. The summed E-state index contributed by atoms with van der Waals surface area (Å²) in [6.07, 6.45) is 0. The Hall–Kier alpha value is -1.89. The number of nitrogens with two attached hydrogens (primary N) is 1. The van der Waals surface area contributed by atoms with Crippen LogP contribution in [0.4, 0.5) is 0 Å². The second-order valence-corrected chi connectivity index (χ2v) is 5.70. The number of aromatic nitrogens is 4. The summed E-state index contributed by atoms with van der Waals surface area (Å²) in [6, 6.07) is 15.5. The first-order chi connectivity index (χ1) is 10.3. The summed E-state index contributed by atoms with van der Waals surface area (Å²) in [5.74, 6) is 0. The second kappa shape index (κ2) is 6.26. The summed E-state index contributed by atoms with van der Waals surface area (Å²) in [5, 5.41) is 13.1. The summed E-state index contributed by atoms with van der Waals surface area (Å²) in [6.45, 7) is 0.465. The van der Waals surface area contributed by atoms with Gasteiger partial charge in [-0.1, -0.05) is 35.9 Å². The largest absolute Gasteiger partial charge is 0.326 e. The van der Waals surface area contributed by atoms with Gasteiger partial charge in [0.15, 0.2) is 0 Å². The van der Waals surface area contributed by atoms with Crippen LogP contribution >= 0.6 is 23.4 Å². The van der Waals surface area contributed by atoms with E-state index >= 15 is 0 Å². The number of hydrogen-bond donors (Lipinski definition) is 1. The van der Waals surface area contributed by atoms with Crippen LogP contribution in [0, 0.1) is 0 Å². The number of para-hydroxylation sites is 1. The SMILES string of the molecule is NCc1ccc(Sc2nnnn2-c2ccccc2)c(Cl)c1. The minimum absolute atomic E-state index is 0.465. The number of benzene rings is 2. The second-order valence-electron chi connectivity index (χ2n) is 4.28. The lowest BCUT2D eigenvalue weighted by Gasteiger charge is -2.06. The lowest BCUT2D eigenvalue weighted by atomic mass is 10.2. The molecule has 2 aromatic carbocycles. The van der Waals surface area contributed by atoms with E-state index in [0.717, 1.165) is 16.1 Å². The van der Waals surface area contributed by atoms with Crippen LogP contribution < -0.4 is 5.73 Å². The van der Waals surface area contributed by atoms with E-state index in [2.05, 4.69) is 15.5 Å². The lowest BCUT2D eigenvalue weighted by molar-refractivity contribution is 0.756. The van der Waals surface area contributed by atoms with E-state index in [4.69, 9.17) is 17.3 Å². The highest BCUT2D eigenvalue weighted by Gasteiger charge is 2.12. The highest BCUT2D eigenvalue weighted by molar-refractivity contribution is 7.99. The molecule has 5 nitrogen and oxygen atoms in total. The first-order valence-electron chi connectivity index (χ1n) is 6.28. The van der Waals surface area contributed by atoms with Gasteiger partial charge in [0.05, 0.1) is 10.7 Å². The van der Waals surface area contributed by atoms with Gasteiger partial charge in [0.25, 0.3) is 0 Å². The molecular weight excluding hydrogens is 306 g/mol. The monoisotopic (exact) mass is 317 g/mol. The summed E-state index contributed by atoms with van der Waals surface area (Å²) in [7, 11) is 0. The molecule has 0 aliphatic heterocycles. The molecule has 2 N–H and O–H groups in total. The van der Waals surface area contributed by atoms with Crippen LogP contribution in [-0.4, -0.2) is 20.2 Å². The molecule has 0 aliphatic rings. The van der Waals surface area contributed by atoms with Crippen molar-refractivity contribution in [2.45, 2.75) is 16.6 Å². The predicted octanol–water partition coefficient (Wildman–Crippen LogP) is 2.93. The number of rotatable bonds is 4. The van der Waals surface area contributed by atoms with Crippen molar-refractivity contribution >= 4 is 23.4 Å². The average molecular weight is 318 g/mol. The van der Waals surface area contributed by atoms with Crippen molar-refractivity contribution in [1.82, 2.24) is 20.2 Å². The van der Waals surface area contributed by atoms with Crippen LogP contribution in [0.15, 0.2) is 58.6 Å². The molecule has 0 amide bonds. The van der Waals surface area contributed by atoms with Gasteiger partial charge in [-0.2, -0.15) is 4.68 Å². The summed E-state index contributed by atoms with van der Waals surface area (Å²) < 4.78 is 1.68. The third-order valence-electron chi connectivity index (χ3n) is 2.87. The maximum atomic E-state index is 6.27. The molecule has 0 unspecified atom stereocenters. The Bertz CT molecular complexity index is 744. The first-order valence-corrected chi connectivity index (χ1v) is 7.47. The zero-order valence-electron chi connectivity index (χ0n) is 11.0. The van der Waals surface area contributed by atoms with Gasteiger partial charge in [-0.25, -0.2) is 0 Å². The van der Waals surface area contributed by atoms with Crippen LogP contribution in [0.5, 0.6) is 0 Å². The van der Waals surface area contributed by atoms with E-state index in [1.807, 2.05) is 48.5 Å². The Kier molecular flexibility index (Phi) is 4.19. The maximum absolute atomic E-state index is 6.27. The van der Waals surface area contributed by atoms with Crippen molar-refractivity contribution in [2.24, 2.45) is 5.73 Å². The average Bonchev–Trinajstić information content (AvgIpc) is 2.98. The van der Waals surface area contributed by atoms with E-state index in [0.29, 0.717) is 16.7 Å². The molecule has 1 aromatic heterocycles. The fourth-order valence-electron chi connectivity index (χ4n) is 1.83. The molecule has 7 heteroatoms. The highest BCUT2D eigenvalue weighted by Crippen LogP contribution is 2.33. The Balaban J connectivity index is 1.92. The van der Waals surface area contributed by atoms with Crippen LogP contribution in [0.3, 0.4) is 0 Å². The molecule has 0 saturated heterocycles. The number of nitrogens with zero attached hydrogens (tertiary/aromatic N) is 4. The lowest BCUT2D eigenvalue weighted by Crippen LogP contribution is -1.99. The fraction of sp³-hybridized carbons (Fsp3) is 0.0714. The third-order valence-corrected chi connectivity index (χ3v) is 4.31. The molecule has 0 bridgehead atoms. The van der Waals surface area contributed by atoms with E-state index < -0.39 is 0 Å². The Morgan fingerprint density at radius 3 is 2.67 bits per heavy atom. The van der Waals surface area contributed by atoms with Gasteiger partial charge in [-0.05, 0) is 52.0 Å². The van der Waals surface area contributed by atoms with Gasteiger partial charge in [0, 0.05) is 11.4 Å². The molecule has 3 rings (SSSR count). The first kappa shape index (κ1) is 14.1. The molecule has 0 fully saturated rings. The molecule has 21 heavy (non-hydrogen) atoms. The number of tetrazole rings is 1. The van der Waals surface area contributed by atoms with Crippen LogP contribution in [0.1, 0.15) is 5.56 Å². The highest BCUT2D eigenvalue weighted by atomic mass is 35.5. The molecule has 0 spiro atoms. The van der Waals surface area contributed by atoms with Gasteiger partial charge >= 0.3 is 0 Å². The molecular formula is C14H12ClN5S. The van der Waals surface area contributed by atoms with E-state index in [-0.39, 0.29) is 0 Å². The predicted molar refractivity (Wildman–Crippen MR) is 82.6 cm³/mol. The van der Waals surface area contributed by atoms with Crippen molar-refractivity contribution in [3.05, 3.63) is 59.1 Å². The van der Waals surface area contributed by atoms with Crippen molar-refractivity contribution in [3.63, 3.8) is 0 Å². The molecule has 106 valence electrons. The van der Waals surface area contributed by atoms with E-state index in [1.165, 1.54) is 11.8 Å². The fourth-order valence-corrected chi connectivity index (χ4v) is 2.94. The van der Waals surface area contributed by atoms with Crippen LogP contribution in [-0.2, 0) is 6.54 Å². The van der Waals surface area contributed by atoms with Gasteiger partial charge in [-0.15, -0.1) is 5.10 Å². The molecule has 0 saturated carbocycles.